The number of halogens is 1. The number of benzene rings is 1. The monoisotopic (exact) mass is 442 g/mol. The minimum Gasteiger partial charge on any atom is -0.361 e. The van der Waals surface area contributed by atoms with Gasteiger partial charge in [-0.2, -0.15) is 9.61 Å². The molecule has 0 atom stereocenters. The van der Waals surface area contributed by atoms with E-state index in [2.05, 4.69) is 41.6 Å². The van der Waals surface area contributed by atoms with Gasteiger partial charge in [-0.05, 0) is 30.3 Å². The summed E-state index contributed by atoms with van der Waals surface area (Å²) in [5.41, 5.74) is 0.220. The van der Waals surface area contributed by atoms with Crippen LogP contribution in [-0.2, 0) is 11.3 Å². The molecule has 0 saturated heterocycles. The molecule has 11 heteroatoms. The molecular formula is C17H15BrN8O2. The van der Waals surface area contributed by atoms with Crippen LogP contribution in [0.1, 0.15) is 0 Å². The molecule has 4 rings (SSSR count). The van der Waals surface area contributed by atoms with Gasteiger partial charge < -0.3 is 10.2 Å². The SMILES string of the molecule is CN(C)c1nn(CC(=O)Nc2ccc3nncn3n2)c(=O)c2ccc(Br)cc12. The Morgan fingerprint density at radius 2 is 2.00 bits per heavy atom. The summed E-state index contributed by atoms with van der Waals surface area (Å²) in [7, 11) is 3.66. The van der Waals surface area contributed by atoms with E-state index >= 15 is 0 Å². The van der Waals surface area contributed by atoms with Crippen molar-refractivity contribution in [1.29, 1.82) is 0 Å². The first kappa shape index (κ1) is 18.0. The second-order valence-electron chi connectivity index (χ2n) is 6.27. The van der Waals surface area contributed by atoms with Gasteiger partial charge in [0.15, 0.2) is 17.3 Å². The van der Waals surface area contributed by atoms with Gasteiger partial charge in [0, 0.05) is 24.0 Å². The number of aromatic nitrogens is 6. The van der Waals surface area contributed by atoms with Crippen molar-refractivity contribution < 1.29 is 4.79 Å². The average Bonchev–Trinajstić information content (AvgIpc) is 3.11. The summed E-state index contributed by atoms with van der Waals surface area (Å²) in [6.07, 6.45) is 1.43. The van der Waals surface area contributed by atoms with E-state index in [1.54, 1.807) is 29.2 Å². The maximum absolute atomic E-state index is 12.8. The van der Waals surface area contributed by atoms with E-state index in [0.717, 1.165) is 9.15 Å². The molecule has 0 aliphatic rings. The molecule has 1 amide bonds. The van der Waals surface area contributed by atoms with Crippen LogP contribution in [0.25, 0.3) is 16.4 Å². The largest absolute Gasteiger partial charge is 0.361 e. The Morgan fingerprint density at radius 1 is 1.18 bits per heavy atom. The third-order valence-electron chi connectivity index (χ3n) is 4.05. The maximum Gasteiger partial charge on any atom is 0.275 e. The molecule has 3 aromatic heterocycles. The lowest BCUT2D eigenvalue weighted by molar-refractivity contribution is -0.117. The summed E-state index contributed by atoms with van der Waals surface area (Å²) >= 11 is 3.41. The van der Waals surface area contributed by atoms with Gasteiger partial charge in [-0.1, -0.05) is 15.9 Å². The number of rotatable bonds is 4. The highest BCUT2D eigenvalue weighted by Gasteiger charge is 2.15. The van der Waals surface area contributed by atoms with Gasteiger partial charge in [-0.15, -0.1) is 15.3 Å². The summed E-state index contributed by atoms with van der Waals surface area (Å²) in [6.45, 7) is -0.242. The van der Waals surface area contributed by atoms with Gasteiger partial charge in [0.25, 0.3) is 5.56 Å². The van der Waals surface area contributed by atoms with Crippen LogP contribution in [0.2, 0.25) is 0 Å². The zero-order chi connectivity index (χ0) is 19.8. The molecule has 1 aromatic carbocycles. The lowest BCUT2D eigenvalue weighted by atomic mass is 10.2. The van der Waals surface area contributed by atoms with Crippen molar-refractivity contribution in [2.24, 2.45) is 0 Å². The van der Waals surface area contributed by atoms with Crippen molar-refractivity contribution in [3.63, 3.8) is 0 Å². The summed E-state index contributed by atoms with van der Waals surface area (Å²) < 4.78 is 3.44. The Kier molecular flexibility index (Phi) is 4.51. The highest BCUT2D eigenvalue weighted by molar-refractivity contribution is 9.10. The molecule has 10 nitrogen and oxygen atoms in total. The Morgan fingerprint density at radius 3 is 2.79 bits per heavy atom. The quantitative estimate of drug-likeness (QED) is 0.506. The van der Waals surface area contributed by atoms with Gasteiger partial charge in [-0.3, -0.25) is 9.59 Å². The van der Waals surface area contributed by atoms with Crippen LogP contribution in [0.3, 0.4) is 0 Å². The van der Waals surface area contributed by atoms with Crippen molar-refractivity contribution in [2.45, 2.75) is 6.54 Å². The molecule has 0 bridgehead atoms. The normalized spacial score (nSPS) is 11.1. The van der Waals surface area contributed by atoms with E-state index < -0.39 is 5.91 Å². The van der Waals surface area contributed by atoms with Crippen LogP contribution in [-0.4, -0.2) is 49.6 Å². The first-order valence-corrected chi connectivity index (χ1v) is 9.06. The fourth-order valence-electron chi connectivity index (χ4n) is 2.79. The zero-order valence-electron chi connectivity index (χ0n) is 15.0. The third kappa shape index (κ3) is 3.31. The number of anilines is 2. The molecule has 142 valence electrons. The van der Waals surface area contributed by atoms with Gasteiger partial charge in [0.2, 0.25) is 5.91 Å². The predicted octanol–water partition coefficient (Wildman–Crippen LogP) is 1.30. The number of nitrogens with zero attached hydrogens (tertiary/aromatic N) is 7. The minimum atomic E-state index is -0.421. The highest BCUT2D eigenvalue weighted by Crippen LogP contribution is 2.24. The molecule has 3 heterocycles. The Bertz CT molecular complexity index is 1260. The molecule has 0 fully saturated rings. The number of hydrogen-bond donors (Lipinski definition) is 1. The maximum atomic E-state index is 12.8. The van der Waals surface area contributed by atoms with Crippen molar-refractivity contribution in [1.82, 2.24) is 29.6 Å². The molecule has 0 radical (unpaired) electrons. The van der Waals surface area contributed by atoms with Crippen LogP contribution in [0.5, 0.6) is 0 Å². The molecule has 0 saturated carbocycles. The van der Waals surface area contributed by atoms with Gasteiger partial charge in [0.05, 0.1) is 5.39 Å². The smallest absolute Gasteiger partial charge is 0.275 e. The number of carbonyl (C=O) groups excluding carboxylic acids is 1. The van der Waals surface area contributed by atoms with Crippen LogP contribution >= 0.6 is 15.9 Å². The Balaban J connectivity index is 1.66. The molecule has 4 aromatic rings. The lowest BCUT2D eigenvalue weighted by Crippen LogP contribution is -2.31. The fraction of sp³-hybridized carbons (Fsp3) is 0.176. The van der Waals surface area contributed by atoms with E-state index in [4.69, 9.17) is 0 Å². The minimum absolute atomic E-state index is 0.242. The topological polar surface area (TPSA) is 110 Å². The van der Waals surface area contributed by atoms with Crippen molar-refractivity contribution >= 4 is 49.9 Å². The van der Waals surface area contributed by atoms with Crippen LogP contribution in [0.4, 0.5) is 11.6 Å². The molecule has 0 aliphatic heterocycles. The number of hydrogen-bond acceptors (Lipinski definition) is 7. The van der Waals surface area contributed by atoms with E-state index in [1.807, 2.05) is 20.2 Å². The van der Waals surface area contributed by atoms with E-state index in [9.17, 15) is 9.59 Å². The van der Waals surface area contributed by atoms with Crippen molar-refractivity contribution in [2.75, 3.05) is 24.3 Å². The average molecular weight is 443 g/mol. The van der Waals surface area contributed by atoms with E-state index in [-0.39, 0.29) is 12.1 Å². The summed E-state index contributed by atoms with van der Waals surface area (Å²) in [5, 5.41) is 20.0. The molecule has 28 heavy (non-hydrogen) atoms. The van der Waals surface area contributed by atoms with Crippen molar-refractivity contribution in [3.8, 4) is 0 Å². The fourth-order valence-corrected chi connectivity index (χ4v) is 3.15. The standard InChI is InChI=1S/C17H15BrN8O2/c1-24(2)16-12-7-10(18)3-4-11(12)17(28)25(23-16)8-15(27)20-13-5-6-14-21-19-9-26(14)22-13/h3-7,9H,8H2,1-2H3,(H,20,22,27). The van der Waals surface area contributed by atoms with Gasteiger partial charge in [0.1, 0.15) is 12.9 Å². The number of carbonyl (C=O) groups is 1. The first-order valence-electron chi connectivity index (χ1n) is 8.27. The molecule has 0 aliphatic carbocycles. The van der Waals surface area contributed by atoms with E-state index in [0.29, 0.717) is 28.1 Å². The molecule has 0 spiro atoms. The zero-order valence-corrected chi connectivity index (χ0v) is 16.6. The van der Waals surface area contributed by atoms with E-state index in [1.165, 1.54) is 10.8 Å². The second-order valence-corrected chi connectivity index (χ2v) is 7.19. The lowest BCUT2D eigenvalue weighted by Gasteiger charge is -2.16. The van der Waals surface area contributed by atoms with Crippen LogP contribution in [0, 0.1) is 0 Å². The first-order chi connectivity index (χ1) is 13.4. The number of fused-ring (bicyclic) bond motifs is 2. The summed E-state index contributed by atoms with van der Waals surface area (Å²) in [5.74, 6) is 0.492. The Hall–Kier alpha value is -3.34. The van der Waals surface area contributed by atoms with Gasteiger partial charge >= 0.3 is 0 Å². The predicted molar refractivity (Wildman–Crippen MR) is 107 cm³/mol. The van der Waals surface area contributed by atoms with Gasteiger partial charge in [-0.25, -0.2) is 4.68 Å². The summed E-state index contributed by atoms with van der Waals surface area (Å²) in [6, 6.07) is 8.62. The number of nitrogens with one attached hydrogen (secondary N) is 1. The van der Waals surface area contributed by atoms with Crippen molar-refractivity contribution in [3.05, 3.63) is 51.5 Å². The van der Waals surface area contributed by atoms with Crippen LogP contribution in [0.15, 0.2) is 45.9 Å². The highest BCUT2D eigenvalue weighted by atomic mass is 79.9. The molecular weight excluding hydrogens is 428 g/mol. The van der Waals surface area contributed by atoms with Crippen LogP contribution < -0.4 is 15.8 Å². The third-order valence-corrected chi connectivity index (χ3v) is 4.54. The number of amides is 1. The second kappa shape index (κ2) is 7.00. The molecule has 1 N–H and O–H groups in total. The summed E-state index contributed by atoms with van der Waals surface area (Å²) in [4.78, 5) is 27.1. The molecule has 0 unspecified atom stereocenters. The Labute approximate surface area is 166 Å².